The van der Waals surface area contributed by atoms with Gasteiger partial charge in [0.05, 0.1) is 24.4 Å². The van der Waals surface area contributed by atoms with Gasteiger partial charge < -0.3 is 10.1 Å². The van der Waals surface area contributed by atoms with Gasteiger partial charge in [-0.05, 0) is 19.1 Å². The number of hydrogen-bond acceptors (Lipinski definition) is 7. The van der Waals surface area contributed by atoms with Gasteiger partial charge in [0.15, 0.2) is 0 Å². The molecule has 0 aliphatic rings. The number of hydrogen-bond donors (Lipinski definition) is 3. The van der Waals surface area contributed by atoms with Crippen LogP contribution in [0.5, 0.6) is 5.75 Å². The Labute approximate surface area is 116 Å². The molecule has 1 aromatic carbocycles. The van der Waals surface area contributed by atoms with Gasteiger partial charge in [-0.3, -0.25) is 5.43 Å². The molecule has 7 nitrogen and oxygen atoms in total. The van der Waals surface area contributed by atoms with Crippen molar-refractivity contribution in [2.75, 3.05) is 17.9 Å². The Bertz CT molecular complexity index is 664. The lowest BCUT2D eigenvalue weighted by Crippen LogP contribution is -2.12. The largest absolute Gasteiger partial charge is 0.495 e. The van der Waals surface area contributed by atoms with E-state index in [4.69, 9.17) is 15.8 Å². The molecule has 0 fully saturated rings. The molecule has 0 saturated heterocycles. The Kier molecular flexibility index (Phi) is 3.98. The number of hydrazine groups is 1. The van der Waals surface area contributed by atoms with Crippen LogP contribution in [-0.4, -0.2) is 17.1 Å². The lowest BCUT2D eigenvalue weighted by molar-refractivity contribution is 0.416. The number of nitrogen functional groups attached to an aromatic ring is 1. The standard InChI is InChI=1S/C13H14N6O/c1-8-5-12(18-13(16-8)19-15)17-10-4-3-9(7-14)6-11(10)20-2/h3-6H,15H2,1-2H3,(H2,16,17,18,19). The van der Waals surface area contributed by atoms with E-state index in [0.29, 0.717) is 28.8 Å². The van der Waals surface area contributed by atoms with Crippen molar-refractivity contribution >= 4 is 17.5 Å². The third kappa shape index (κ3) is 2.93. The fourth-order valence-corrected chi connectivity index (χ4v) is 1.70. The van der Waals surface area contributed by atoms with Crippen molar-refractivity contribution in [2.24, 2.45) is 5.84 Å². The second-order valence-electron chi connectivity index (χ2n) is 4.01. The molecule has 1 heterocycles. The number of ether oxygens (including phenoxy) is 1. The first-order chi connectivity index (χ1) is 9.66. The number of anilines is 3. The number of benzene rings is 1. The van der Waals surface area contributed by atoms with Crippen molar-refractivity contribution in [3.63, 3.8) is 0 Å². The Morgan fingerprint density at radius 2 is 2.10 bits per heavy atom. The lowest BCUT2D eigenvalue weighted by Gasteiger charge is -2.12. The summed E-state index contributed by atoms with van der Waals surface area (Å²) in [6.45, 7) is 1.84. The van der Waals surface area contributed by atoms with Crippen LogP contribution in [0, 0.1) is 18.3 Å². The van der Waals surface area contributed by atoms with Gasteiger partial charge in [0.25, 0.3) is 0 Å². The molecule has 2 rings (SSSR count). The smallest absolute Gasteiger partial charge is 0.239 e. The fraction of sp³-hybridized carbons (Fsp3) is 0.154. The van der Waals surface area contributed by atoms with Crippen LogP contribution >= 0.6 is 0 Å². The monoisotopic (exact) mass is 270 g/mol. The first-order valence-electron chi connectivity index (χ1n) is 5.83. The Morgan fingerprint density at radius 3 is 2.75 bits per heavy atom. The molecule has 0 aliphatic carbocycles. The van der Waals surface area contributed by atoms with Crippen molar-refractivity contribution in [2.45, 2.75) is 6.92 Å². The van der Waals surface area contributed by atoms with Crippen LogP contribution in [0.1, 0.15) is 11.3 Å². The highest BCUT2D eigenvalue weighted by molar-refractivity contribution is 5.66. The summed E-state index contributed by atoms with van der Waals surface area (Å²) in [5.41, 5.74) is 4.40. The van der Waals surface area contributed by atoms with Crippen molar-refractivity contribution in [3.05, 3.63) is 35.5 Å². The molecule has 102 valence electrons. The van der Waals surface area contributed by atoms with Crippen LogP contribution in [0.4, 0.5) is 17.5 Å². The number of aromatic nitrogens is 2. The third-order valence-electron chi connectivity index (χ3n) is 2.58. The van der Waals surface area contributed by atoms with Crippen LogP contribution in [-0.2, 0) is 0 Å². The molecule has 0 bridgehead atoms. The Balaban J connectivity index is 2.34. The van der Waals surface area contributed by atoms with E-state index in [0.717, 1.165) is 5.69 Å². The van der Waals surface area contributed by atoms with Gasteiger partial charge in [-0.15, -0.1) is 0 Å². The van der Waals surface area contributed by atoms with Gasteiger partial charge in [-0.25, -0.2) is 10.8 Å². The van der Waals surface area contributed by atoms with Gasteiger partial charge in [0, 0.05) is 17.8 Å². The Morgan fingerprint density at radius 1 is 1.30 bits per heavy atom. The number of nitrogens with one attached hydrogen (secondary N) is 2. The molecule has 0 saturated carbocycles. The number of aryl methyl sites for hydroxylation is 1. The quantitative estimate of drug-likeness (QED) is 0.573. The zero-order valence-corrected chi connectivity index (χ0v) is 11.1. The fourth-order valence-electron chi connectivity index (χ4n) is 1.70. The van der Waals surface area contributed by atoms with Crippen LogP contribution in [0.25, 0.3) is 0 Å². The first-order valence-corrected chi connectivity index (χ1v) is 5.83. The van der Waals surface area contributed by atoms with E-state index >= 15 is 0 Å². The van der Waals surface area contributed by atoms with Gasteiger partial charge >= 0.3 is 0 Å². The summed E-state index contributed by atoms with van der Waals surface area (Å²) in [4.78, 5) is 8.29. The molecular weight excluding hydrogens is 256 g/mol. The molecule has 0 spiro atoms. The zero-order valence-electron chi connectivity index (χ0n) is 11.1. The van der Waals surface area contributed by atoms with E-state index in [1.165, 1.54) is 0 Å². The van der Waals surface area contributed by atoms with Gasteiger partial charge in [-0.2, -0.15) is 10.2 Å². The van der Waals surface area contributed by atoms with Crippen LogP contribution < -0.4 is 21.3 Å². The van der Waals surface area contributed by atoms with Crippen molar-refractivity contribution in [1.82, 2.24) is 9.97 Å². The second-order valence-corrected chi connectivity index (χ2v) is 4.01. The van der Waals surface area contributed by atoms with E-state index in [9.17, 15) is 0 Å². The molecule has 2 aromatic rings. The highest BCUT2D eigenvalue weighted by Gasteiger charge is 2.07. The number of nitriles is 1. The molecule has 20 heavy (non-hydrogen) atoms. The summed E-state index contributed by atoms with van der Waals surface area (Å²) in [7, 11) is 1.54. The number of rotatable bonds is 4. The van der Waals surface area contributed by atoms with Gasteiger partial charge in [0.1, 0.15) is 11.6 Å². The number of nitrogens with two attached hydrogens (primary N) is 1. The van der Waals surface area contributed by atoms with Crippen molar-refractivity contribution < 1.29 is 4.74 Å². The van der Waals surface area contributed by atoms with E-state index in [1.54, 1.807) is 31.4 Å². The van der Waals surface area contributed by atoms with E-state index in [1.807, 2.05) is 6.92 Å². The molecule has 1 aromatic heterocycles. The average molecular weight is 270 g/mol. The topological polar surface area (TPSA) is 109 Å². The van der Waals surface area contributed by atoms with Crippen LogP contribution in [0.15, 0.2) is 24.3 Å². The van der Waals surface area contributed by atoms with Crippen molar-refractivity contribution in [3.8, 4) is 11.8 Å². The highest BCUT2D eigenvalue weighted by Crippen LogP contribution is 2.28. The summed E-state index contributed by atoms with van der Waals surface area (Å²) >= 11 is 0. The summed E-state index contributed by atoms with van der Waals surface area (Å²) in [6.07, 6.45) is 0. The summed E-state index contributed by atoms with van der Waals surface area (Å²) in [5.74, 6) is 6.77. The van der Waals surface area contributed by atoms with Gasteiger partial charge in [0.2, 0.25) is 5.95 Å². The van der Waals surface area contributed by atoms with Crippen molar-refractivity contribution in [1.29, 1.82) is 5.26 Å². The van der Waals surface area contributed by atoms with Crippen LogP contribution in [0.2, 0.25) is 0 Å². The van der Waals surface area contributed by atoms with E-state index in [-0.39, 0.29) is 0 Å². The maximum atomic E-state index is 8.87. The zero-order chi connectivity index (χ0) is 14.5. The highest BCUT2D eigenvalue weighted by atomic mass is 16.5. The van der Waals surface area contributed by atoms with E-state index < -0.39 is 0 Å². The maximum Gasteiger partial charge on any atom is 0.239 e. The molecule has 0 unspecified atom stereocenters. The number of nitrogens with zero attached hydrogens (tertiary/aromatic N) is 3. The molecular formula is C13H14N6O. The average Bonchev–Trinajstić information content (AvgIpc) is 2.47. The lowest BCUT2D eigenvalue weighted by atomic mass is 10.2. The maximum absolute atomic E-state index is 8.87. The summed E-state index contributed by atoms with van der Waals surface area (Å²) in [5, 5.41) is 12.0. The van der Waals surface area contributed by atoms with E-state index in [2.05, 4.69) is 26.8 Å². The third-order valence-corrected chi connectivity index (χ3v) is 2.58. The molecule has 0 amide bonds. The summed E-state index contributed by atoms with van der Waals surface area (Å²) < 4.78 is 5.25. The first kappa shape index (κ1) is 13.6. The minimum Gasteiger partial charge on any atom is -0.495 e. The van der Waals surface area contributed by atoms with Crippen LogP contribution in [0.3, 0.4) is 0 Å². The summed E-state index contributed by atoms with van der Waals surface area (Å²) in [6, 6.07) is 8.94. The predicted octanol–water partition coefficient (Wildman–Crippen LogP) is 1.69. The minimum absolute atomic E-state index is 0.320. The normalized spacial score (nSPS) is 9.70. The predicted molar refractivity (Wildman–Crippen MR) is 75.6 cm³/mol. The molecule has 0 aliphatic heterocycles. The SMILES string of the molecule is COc1cc(C#N)ccc1Nc1cc(C)nc(NN)n1. The molecule has 4 N–H and O–H groups in total. The second kappa shape index (κ2) is 5.86. The molecule has 0 atom stereocenters. The Hall–Kier alpha value is -2.85. The molecule has 0 radical (unpaired) electrons. The molecule has 7 heteroatoms. The van der Waals surface area contributed by atoms with Gasteiger partial charge in [-0.1, -0.05) is 0 Å². The number of methoxy groups -OCH3 is 1. The minimum atomic E-state index is 0.320.